The molecule has 0 spiro atoms. The van der Waals surface area contributed by atoms with Crippen molar-refractivity contribution >= 4 is 17.6 Å². The first-order valence-electron chi connectivity index (χ1n) is 7.23. The number of aromatic nitrogens is 2. The maximum Gasteiger partial charge on any atom is 0.238 e. The lowest BCUT2D eigenvalue weighted by molar-refractivity contribution is -0.120. The number of carbonyl (C=O) groups excluding carboxylic acids is 2. The summed E-state index contributed by atoms with van der Waals surface area (Å²) in [5, 5.41) is 2.57. The Hall–Kier alpha value is -2.80. The Morgan fingerprint density at radius 2 is 1.83 bits per heavy atom. The number of carbonyl (C=O) groups is 2. The number of hydrogen-bond donors (Lipinski definition) is 3. The Balaban J connectivity index is 2.00. The van der Waals surface area contributed by atoms with Gasteiger partial charge in [-0.05, 0) is 24.0 Å². The molecule has 0 radical (unpaired) electrons. The summed E-state index contributed by atoms with van der Waals surface area (Å²) in [4.78, 5) is 30.8. The van der Waals surface area contributed by atoms with Crippen LogP contribution in [0.15, 0.2) is 36.7 Å². The van der Waals surface area contributed by atoms with Crippen molar-refractivity contribution in [3.63, 3.8) is 0 Å². The first-order chi connectivity index (χ1) is 11.1. The van der Waals surface area contributed by atoms with Crippen molar-refractivity contribution in [1.29, 1.82) is 0 Å². The van der Waals surface area contributed by atoms with Gasteiger partial charge in [0.2, 0.25) is 11.8 Å². The molecule has 0 unspecified atom stereocenters. The van der Waals surface area contributed by atoms with Crippen LogP contribution in [0.1, 0.15) is 23.7 Å². The molecule has 7 heteroatoms. The maximum absolute atomic E-state index is 11.4. The molecule has 2 rings (SSSR count). The number of nitrogens with one attached hydrogen (secondary N) is 2. The van der Waals surface area contributed by atoms with Crippen LogP contribution in [0.5, 0.6) is 0 Å². The largest absolute Gasteiger partial charge is 0.310 e. The van der Waals surface area contributed by atoms with Crippen LogP contribution in [-0.2, 0) is 28.9 Å². The summed E-state index contributed by atoms with van der Waals surface area (Å²) in [6.07, 6.45) is 4.85. The third-order valence-corrected chi connectivity index (χ3v) is 3.29. The average molecular weight is 313 g/mol. The van der Waals surface area contributed by atoms with Gasteiger partial charge in [0.15, 0.2) is 5.82 Å². The van der Waals surface area contributed by atoms with Crippen molar-refractivity contribution in [3.05, 3.63) is 53.5 Å². The Labute approximate surface area is 134 Å². The third-order valence-electron chi connectivity index (χ3n) is 3.29. The molecular formula is C16H19N5O2. The minimum Gasteiger partial charge on any atom is -0.310 e. The predicted molar refractivity (Wildman–Crippen MR) is 86.2 cm³/mol. The third kappa shape index (κ3) is 5.15. The number of hydrazine groups is 1. The summed E-state index contributed by atoms with van der Waals surface area (Å²) >= 11 is 0. The normalized spacial score (nSPS) is 10.2. The van der Waals surface area contributed by atoms with E-state index in [9.17, 15) is 9.59 Å². The lowest BCUT2D eigenvalue weighted by Gasteiger charge is -2.09. The Kier molecular flexibility index (Phi) is 5.76. The second-order valence-corrected chi connectivity index (χ2v) is 5.09. The molecule has 1 aromatic heterocycles. The van der Waals surface area contributed by atoms with Gasteiger partial charge in [-0.2, -0.15) is 0 Å². The van der Waals surface area contributed by atoms with Crippen molar-refractivity contribution in [3.8, 4) is 0 Å². The number of nitrogens with zero attached hydrogens (tertiary/aromatic N) is 2. The topological polar surface area (TPSA) is 110 Å². The van der Waals surface area contributed by atoms with Crippen LogP contribution < -0.4 is 16.6 Å². The van der Waals surface area contributed by atoms with E-state index in [1.165, 1.54) is 13.1 Å². The SMILES string of the molecule is CC(=O)Nc1cnc(CCc2ccccc2CC(=O)NN)cn1. The Bertz CT molecular complexity index is 685. The van der Waals surface area contributed by atoms with Crippen LogP contribution in [0.4, 0.5) is 5.82 Å². The van der Waals surface area contributed by atoms with E-state index in [-0.39, 0.29) is 18.2 Å². The molecular weight excluding hydrogens is 294 g/mol. The average Bonchev–Trinajstić information content (AvgIpc) is 2.54. The lowest BCUT2D eigenvalue weighted by Crippen LogP contribution is -2.31. The zero-order chi connectivity index (χ0) is 16.7. The van der Waals surface area contributed by atoms with Gasteiger partial charge in [-0.3, -0.25) is 20.0 Å². The van der Waals surface area contributed by atoms with Crippen LogP contribution in [0, 0.1) is 0 Å². The first kappa shape index (κ1) is 16.6. The molecule has 7 nitrogen and oxygen atoms in total. The van der Waals surface area contributed by atoms with Crippen molar-refractivity contribution in [2.75, 3.05) is 5.32 Å². The van der Waals surface area contributed by atoms with E-state index in [0.29, 0.717) is 12.2 Å². The molecule has 0 aliphatic heterocycles. The second kappa shape index (κ2) is 8.00. The first-order valence-corrected chi connectivity index (χ1v) is 7.23. The Morgan fingerprint density at radius 3 is 2.43 bits per heavy atom. The summed E-state index contributed by atoms with van der Waals surface area (Å²) in [6, 6.07) is 7.73. The summed E-state index contributed by atoms with van der Waals surface area (Å²) in [7, 11) is 0. The van der Waals surface area contributed by atoms with Gasteiger partial charge in [-0.1, -0.05) is 24.3 Å². The predicted octanol–water partition coefficient (Wildman–Crippen LogP) is 0.753. The van der Waals surface area contributed by atoms with Gasteiger partial charge in [0.25, 0.3) is 0 Å². The smallest absolute Gasteiger partial charge is 0.238 e. The fraction of sp³-hybridized carbons (Fsp3) is 0.250. The van der Waals surface area contributed by atoms with Gasteiger partial charge in [-0.25, -0.2) is 10.8 Å². The maximum atomic E-state index is 11.4. The molecule has 2 aromatic rings. The van der Waals surface area contributed by atoms with Crippen LogP contribution in [0.3, 0.4) is 0 Å². The molecule has 120 valence electrons. The van der Waals surface area contributed by atoms with E-state index in [4.69, 9.17) is 5.84 Å². The summed E-state index contributed by atoms with van der Waals surface area (Å²) in [5.74, 6) is 5.16. The highest BCUT2D eigenvalue weighted by Crippen LogP contribution is 2.13. The molecule has 0 aliphatic carbocycles. The van der Waals surface area contributed by atoms with Gasteiger partial charge in [0, 0.05) is 6.92 Å². The number of hydrogen-bond acceptors (Lipinski definition) is 5. The highest BCUT2D eigenvalue weighted by molar-refractivity contribution is 5.87. The molecule has 2 amide bonds. The molecule has 0 saturated carbocycles. The minimum atomic E-state index is -0.225. The zero-order valence-corrected chi connectivity index (χ0v) is 12.9. The van der Waals surface area contributed by atoms with E-state index < -0.39 is 0 Å². The van der Waals surface area contributed by atoms with Gasteiger partial charge >= 0.3 is 0 Å². The van der Waals surface area contributed by atoms with Crippen LogP contribution in [0.2, 0.25) is 0 Å². The molecule has 1 heterocycles. The van der Waals surface area contributed by atoms with Crippen molar-refractivity contribution in [1.82, 2.24) is 15.4 Å². The van der Waals surface area contributed by atoms with Gasteiger partial charge in [0.1, 0.15) is 0 Å². The van der Waals surface area contributed by atoms with E-state index in [1.807, 2.05) is 24.3 Å². The van der Waals surface area contributed by atoms with Gasteiger partial charge in [-0.15, -0.1) is 0 Å². The number of anilines is 1. The monoisotopic (exact) mass is 313 g/mol. The molecule has 0 bridgehead atoms. The van der Waals surface area contributed by atoms with Crippen LogP contribution in [0.25, 0.3) is 0 Å². The molecule has 1 aromatic carbocycles. The molecule has 0 saturated heterocycles. The van der Waals surface area contributed by atoms with E-state index in [2.05, 4.69) is 20.7 Å². The number of nitrogens with two attached hydrogens (primary N) is 1. The molecule has 4 N–H and O–H groups in total. The summed E-state index contributed by atoms with van der Waals surface area (Å²) < 4.78 is 0. The molecule has 23 heavy (non-hydrogen) atoms. The number of aryl methyl sites for hydroxylation is 2. The zero-order valence-electron chi connectivity index (χ0n) is 12.9. The molecule has 0 atom stereocenters. The second-order valence-electron chi connectivity index (χ2n) is 5.09. The fourth-order valence-corrected chi connectivity index (χ4v) is 2.19. The highest BCUT2D eigenvalue weighted by Gasteiger charge is 2.07. The highest BCUT2D eigenvalue weighted by atomic mass is 16.2. The fourth-order valence-electron chi connectivity index (χ4n) is 2.19. The lowest BCUT2D eigenvalue weighted by atomic mass is 9.99. The number of rotatable bonds is 6. The van der Waals surface area contributed by atoms with Gasteiger partial charge < -0.3 is 5.32 Å². The number of benzene rings is 1. The van der Waals surface area contributed by atoms with E-state index in [0.717, 1.165) is 23.2 Å². The van der Waals surface area contributed by atoms with Crippen molar-refractivity contribution in [2.45, 2.75) is 26.2 Å². The Morgan fingerprint density at radius 1 is 1.09 bits per heavy atom. The molecule has 0 aliphatic rings. The number of amides is 2. The quantitative estimate of drug-likeness (QED) is 0.414. The van der Waals surface area contributed by atoms with Gasteiger partial charge in [0.05, 0.1) is 24.5 Å². The minimum absolute atomic E-state index is 0.181. The van der Waals surface area contributed by atoms with Crippen LogP contribution in [-0.4, -0.2) is 21.8 Å². The van der Waals surface area contributed by atoms with E-state index in [1.54, 1.807) is 6.20 Å². The van der Waals surface area contributed by atoms with E-state index >= 15 is 0 Å². The van der Waals surface area contributed by atoms with Crippen molar-refractivity contribution in [2.24, 2.45) is 5.84 Å². The summed E-state index contributed by atoms with van der Waals surface area (Å²) in [6.45, 7) is 1.42. The standard InChI is InChI=1S/C16H19N5O2/c1-11(22)20-15-10-18-14(9-19-15)7-6-12-4-2-3-5-13(12)8-16(23)21-17/h2-5,9-10H,6-8,17H2,1H3,(H,21,23)(H,19,20,22). The van der Waals surface area contributed by atoms with Crippen LogP contribution >= 0.6 is 0 Å². The molecule has 0 fully saturated rings. The van der Waals surface area contributed by atoms with Crippen molar-refractivity contribution < 1.29 is 9.59 Å². The summed E-state index contributed by atoms with van der Waals surface area (Å²) in [5.41, 5.74) is 4.97.